The van der Waals surface area contributed by atoms with E-state index in [2.05, 4.69) is 15.5 Å². The summed E-state index contributed by atoms with van der Waals surface area (Å²) in [5.41, 5.74) is 1.75. The fourth-order valence-electron chi connectivity index (χ4n) is 2.63. The maximum atomic E-state index is 12.2. The molecule has 0 spiro atoms. The molecule has 3 rings (SSSR count). The molecule has 1 N–H and O–H groups in total. The van der Waals surface area contributed by atoms with E-state index in [0.717, 1.165) is 5.56 Å². The molecule has 0 bridgehead atoms. The quantitative estimate of drug-likeness (QED) is 0.488. The normalized spacial score (nSPS) is 10.7. The maximum Gasteiger partial charge on any atom is 0.234 e. The lowest BCUT2D eigenvalue weighted by molar-refractivity contribution is -0.113. The molecule has 0 aliphatic heterocycles. The summed E-state index contributed by atoms with van der Waals surface area (Å²) in [5.74, 6) is 2.05. The highest BCUT2D eigenvalue weighted by atomic mass is 35.5. The molecule has 0 unspecified atom stereocenters. The van der Waals surface area contributed by atoms with E-state index in [9.17, 15) is 4.79 Å². The zero-order valence-electron chi connectivity index (χ0n) is 17.0. The van der Waals surface area contributed by atoms with Crippen LogP contribution in [0, 0.1) is 6.92 Å². The highest BCUT2D eigenvalue weighted by molar-refractivity contribution is 7.99. The van der Waals surface area contributed by atoms with Gasteiger partial charge in [-0.3, -0.25) is 4.79 Å². The van der Waals surface area contributed by atoms with E-state index in [1.165, 1.54) is 11.8 Å². The van der Waals surface area contributed by atoms with Gasteiger partial charge in [-0.05, 0) is 49.7 Å². The third-order valence-electron chi connectivity index (χ3n) is 4.12. The average molecular weight is 447 g/mol. The van der Waals surface area contributed by atoms with Gasteiger partial charge in [0.2, 0.25) is 5.91 Å². The van der Waals surface area contributed by atoms with Gasteiger partial charge < -0.3 is 19.4 Å². The van der Waals surface area contributed by atoms with E-state index in [0.29, 0.717) is 39.8 Å². The molecule has 0 saturated heterocycles. The maximum absolute atomic E-state index is 12.2. The number of nitrogens with one attached hydrogen (secondary N) is 1. The molecule has 7 nitrogen and oxygen atoms in total. The Balaban J connectivity index is 1.56. The zero-order valence-corrected chi connectivity index (χ0v) is 18.6. The number of benzene rings is 2. The van der Waals surface area contributed by atoms with Crippen molar-refractivity contribution in [2.45, 2.75) is 25.6 Å². The van der Waals surface area contributed by atoms with Gasteiger partial charge >= 0.3 is 0 Å². The topological polar surface area (TPSA) is 78.3 Å². The fraction of sp³-hybridized carbons (Fsp3) is 0.286. The smallest absolute Gasteiger partial charge is 0.234 e. The number of carbonyl (C=O) groups is 1. The second-order valence-electron chi connectivity index (χ2n) is 6.48. The lowest BCUT2D eigenvalue weighted by Crippen LogP contribution is -2.14. The summed E-state index contributed by atoms with van der Waals surface area (Å²) in [6, 6.07) is 12.8. The fourth-order valence-corrected chi connectivity index (χ4v) is 3.56. The summed E-state index contributed by atoms with van der Waals surface area (Å²) in [6.45, 7) is 4.73. The van der Waals surface area contributed by atoms with Crippen LogP contribution in [0.4, 0.5) is 5.69 Å². The Kier molecular flexibility index (Phi) is 7.59. The molecule has 9 heteroatoms. The number of hydrogen-bond acceptors (Lipinski definition) is 6. The van der Waals surface area contributed by atoms with Crippen LogP contribution >= 0.6 is 23.4 Å². The van der Waals surface area contributed by atoms with Crippen molar-refractivity contribution in [3.05, 3.63) is 58.9 Å². The van der Waals surface area contributed by atoms with Gasteiger partial charge in [-0.1, -0.05) is 35.5 Å². The minimum atomic E-state index is -0.149. The van der Waals surface area contributed by atoms with E-state index >= 15 is 0 Å². The van der Waals surface area contributed by atoms with Gasteiger partial charge in [0.05, 0.1) is 12.4 Å². The summed E-state index contributed by atoms with van der Waals surface area (Å²) < 4.78 is 13.3. The van der Waals surface area contributed by atoms with Gasteiger partial charge in [0.25, 0.3) is 0 Å². The number of hydrogen-bond donors (Lipinski definition) is 1. The number of ether oxygens (including phenoxy) is 2. The first kappa shape index (κ1) is 22.0. The second-order valence-corrected chi connectivity index (χ2v) is 7.86. The number of aryl methyl sites for hydroxylation is 1. The van der Waals surface area contributed by atoms with Crippen LogP contribution in [-0.2, 0) is 18.4 Å². The lowest BCUT2D eigenvalue weighted by Gasteiger charge is -2.12. The first-order valence-electron chi connectivity index (χ1n) is 9.39. The lowest BCUT2D eigenvalue weighted by atomic mass is 10.2. The Labute approximate surface area is 184 Å². The van der Waals surface area contributed by atoms with E-state index in [4.69, 9.17) is 21.1 Å². The third-order valence-corrected chi connectivity index (χ3v) is 5.38. The minimum Gasteiger partial charge on any atom is -0.490 e. The van der Waals surface area contributed by atoms with Crippen LogP contribution in [0.3, 0.4) is 0 Å². The largest absolute Gasteiger partial charge is 0.490 e. The van der Waals surface area contributed by atoms with Crippen LogP contribution in [0.2, 0.25) is 5.02 Å². The molecule has 158 valence electrons. The molecule has 0 saturated carbocycles. The molecule has 1 aromatic heterocycles. The van der Waals surface area contributed by atoms with E-state index in [1.807, 2.05) is 43.7 Å². The van der Waals surface area contributed by atoms with Crippen molar-refractivity contribution in [3.63, 3.8) is 0 Å². The number of carbonyl (C=O) groups excluding carboxylic acids is 1. The highest BCUT2D eigenvalue weighted by Gasteiger charge is 2.13. The van der Waals surface area contributed by atoms with Gasteiger partial charge in [-0.25, -0.2) is 0 Å². The molecule has 3 aromatic rings. The van der Waals surface area contributed by atoms with E-state index in [1.54, 1.807) is 24.3 Å². The van der Waals surface area contributed by atoms with Gasteiger partial charge in [0.15, 0.2) is 22.5 Å². The molecule has 0 fully saturated rings. The van der Waals surface area contributed by atoms with Gasteiger partial charge in [0, 0.05) is 17.8 Å². The Morgan fingerprint density at radius 3 is 2.77 bits per heavy atom. The van der Waals surface area contributed by atoms with Crippen molar-refractivity contribution in [2.24, 2.45) is 7.05 Å². The predicted molar refractivity (Wildman–Crippen MR) is 118 cm³/mol. The standard InChI is InChI=1S/C21H23ClN4O3S/c1-4-28-18-10-14(2)8-9-17(18)29-12-19-24-25-21(26(19)3)30-13-20(27)23-16-7-5-6-15(22)11-16/h5-11H,4,12-13H2,1-3H3,(H,23,27). The van der Waals surface area contributed by atoms with Gasteiger partial charge in [-0.2, -0.15) is 0 Å². The summed E-state index contributed by atoms with van der Waals surface area (Å²) in [6.07, 6.45) is 0. The molecule has 0 aliphatic rings. The van der Waals surface area contributed by atoms with Crippen molar-refractivity contribution >= 4 is 35.0 Å². The number of amides is 1. The van der Waals surface area contributed by atoms with Crippen molar-refractivity contribution in [1.82, 2.24) is 14.8 Å². The summed E-state index contributed by atoms with van der Waals surface area (Å²) in [7, 11) is 1.84. The van der Waals surface area contributed by atoms with Crippen LogP contribution < -0.4 is 14.8 Å². The first-order chi connectivity index (χ1) is 14.5. The number of rotatable bonds is 9. The SMILES string of the molecule is CCOc1cc(C)ccc1OCc1nnc(SCC(=O)Nc2cccc(Cl)c2)n1C. The molecule has 30 heavy (non-hydrogen) atoms. The Hall–Kier alpha value is -2.71. The molecule has 1 heterocycles. The van der Waals surface area contributed by atoms with Crippen molar-refractivity contribution in [3.8, 4) is 11.5 Å². The molecular formula is C21H23ClN4O3S. The number of aromatic nitrogens is 3. The van der Waals surface area contributed by atoms with E-state index in [-0.39, 0.29) is 18.3 Å². The monoisotopic (exact) mass is 446 g/mol. The van der Waals surface area contributed by atoms with Crippen molar-refractivity contribution in [1.29, 1.82) is 0 Å². The van der Waals surface area contributed by atoms with Crippen LogP contribution in [0.25, 0.3) is 0 Å². The predicted octanol–water partition coefficient (Wildman–Crippen LogP) is 4.49. The number of anilines is 1. The Morgan fingerprint density at radius 2 is 2.00 bits per heavy atom. The molecule has 0 radical (unpaired) electrons. The van der Waals surface area contributed by atoms with Crippen LogP contribution in [0.5, 0.6) is 11.5 Å². The summed E-state index contributed by atoms with van der Waals surface area (Å²) >= 11 is 7.23. The average Bonchev–Trinajstić information content (AvgIpc) is 3.06. The third kappa shape index (κ3) is 5.90. The second kappa shape index (κ2) is 10.4. The number of thioether (sulfide) groups is 1. The Morgan fingerprint density at radius 1 is 1.17 bits per heavy atom. The zero-order chi connectivity index (χ0) is 21.5. The number of halogens is 1. The van der Waals surface area contributed by atoms with Crippen LogP contribution in [0.1, 0.15) is 18.3 Å². The summed E-state index contributed by atoms with van der Waals surface area (Å²) in [4.78, 5) is 12.2. The van der Waals surface area contributed by atoms with Crippen LogP contribution in [-0.4, -0.2) is 33.0 Å². The summed E-state index contributed by atoms with van der Waals surface area (Å²) in [5, 5.41) is 12.3. The molecule has 1 amide bonds. The molecule has 0 aliphatic carbocycles. The van der Waals surface area contributed by atoms with Crippen LogP contribution in [0.15, 0.2) is 47.6 Å². The first-order valence-corrected chi connectivity index (χ1v) is 10.8. The molecule has 0 atom stereocenters. The molecular weight excluding hydrogens is 424 g/mol. The number of nitrogens with zero attached hydrogens (tertiary/aromatic N) is 3. The Bertz CT molecular complexity index is 1030. The van der Waals surface area contributed by atoms with Gasteiger partial charge in [0.1, 0.15) is 6.61 Å². The highest BCUT2D eigenvalue weighted by Crippen LogP contribution is 2.29. The van der Waals surface area contributed by atoms with Crippen molar-refractivity contribution < 1.29 is 14.3 Å². The molecule has 2 aromatic carbocycles. The van der Waals surface area contributed by atoms with Crippen molar-refractivity contribution in [2.75, 3.05) is 17.7 Å². The minimum absolute atomic E-state index is 0.149. The van der Waals surface area contributed by atoms with Gasteiger partial charge in [-0.15, -0.1) is 10.2 Å². The van der Waals surface area contributed by atoms with E-state index < -0.39 is 0 Å².